The highest BCUT2D eigenvalue weighted by molar-refractivity contribution is 7.19. The molecule has 0 aliphatic heterocycles. The van der Waals surface area contributed by atoms with Crippen molar-refractivity contribution in [3.8, 4) is 11.5 Å². The number of hydrogen-bond donors (Lipinski definition) is 1. The topological polar surface area (TPSA) is 112 Å². The Kier molecular flexibility index (Phi) is 5.55. The normalized spacial score (nSPS) is 11.4. The molecule has 0 amide bonds. The molecule has 8 nitrogen and oxygen atoms in total. The Balaban J connectivity index is 2.19. The Morgan fingerprint density at radius 2 is 1.93 bits per heavy atom. The minimum atomic E-state index is -1.06. The van der Waals surface area contributed by atoms with E-state index in [-0.39, 0.29) is 23.4 Å². The lowest BCUT2D eigenvalue weighted by atomic mass is 10.1. The predicted molar refractivity (Wildman–Crippen MR) is 106 cm³/mol. The Hall–Kier alpha value is -3.46. The predicted octanol–water partition coefficient (Wildman–Crippen LogP) is 4.24. The third-order valence-corrected chi connectivity index (χ3v) is 5.08. The molecule has 0 spiro atoms. The van der Waals surface area contributed by atoms with Crippen molar-refractivity contribution in [3.63, 3.8) is 0 Å². The van der Waals surface area contributed by atoms with Gasteiger partial charge < -0.3 is 14.6 Å². The molecular formula is C19H16N2O6S. The Morgan fingerprint density at radius 1 is 1.25 bits per heavy atom. The summed E-state index contributed by atoms with van der Waals surface area (Å²) in [6.07, 6.45) is 1.14. The third-order valence-electron chi connectivity index (χ3n) is 3.97. The van der Waals surface area contributed by atoms with Crippen molar-refractivity contribution >= 4 is 44.9 Å². The summed E-state index contributed by atoms with van der Waals surface area (Å²) in [6.45, 7) is 0. The van der Waals surface area contributed by atoms with Gasteiger partial charge in [-0.05, 0) is 29.8 Å². The molecule has 1 heterocycles. The molecule has 0 aliphatic rings. The molecule has 3 aromatic rings. The number of nitrogens with zero attached hydrogens (tertiary/aromatic N) is 2. The van der Waals surface area contributed by atoms with E-state index < -0.39 is 10.9 Å². The fourth-order valence-corrected chi connectivity index (χ4v) is 3.69. The second kappa shape index (κ2) is 8.05. The van der Waals surface area contributed by atoms with Crippen LogP contribution in [0.15, 0.2) is 36.4 Å². The van der Waals surface area contributed by atoms with Crippen molar-refractivity contribution in [2.24, 2.45) is 0 Å². The smallest absolute Gasteiger partial charge is 0.307 e. The van der Waals surface area contributed by atoms with Gasteiger partial charge in [-0.2, -0.15) is 0 Å². The summed E-state index contributed by atoms with van der Waals surface area (Å²) in [6, 6.07) is 10.1. The van der Waals surface area contributed by atoms with Crippen molar-refractivity contribution in [1.29, 1.82) is 0 Å². The number of fused-ring (bicyclic) bond motifs is 1. The van der Waals surface area contributed by atoms with E-state index in [2.05, 4.69) is 4.98 Å². The first-order valence-corrected chi connectivity index (χ1v) is 8.93. The fraction of sp³-hybridized carbons (Fsp3) is 0.158. The molecule has 0 saturated carbocycles. The van der Waals surface area contributed by atoms with Crippen LogP contribution in [0, 0.1) is 10.1 Å². The molecule has 1 aromatic heterocycles. The van der Waals surface area contributed by atoms with E-state index in [1.165, 1.54) is 43.8 Å². The highest BCUT2D eigenvalue weighted by Crippen LogP contribution is 2.37. The minimum absolute atomic E-state index is 0.207. The highest BCUT2D eigenvalue weighted by Gasteiger charge is 2.20. The maximum absolute atomic E-state index is 11.5. The number of thiazole rings is 1. The first-order chi connectivity index (χ1) is 13.4. The molecule has 0 aliphatic carbocycles. The number of carboxylic acid groups (broad SMARTS) is 1. The number of nitro groups is 1. The van der Waals surface area contributed by atoms with Crippen molar-refractivity contribution < 1.29 is 24.3 Å². The number of hydrogen-bond acceptors (Lipinski definition) is 7. The van der Waals surface area contributed by atoms with E-state index in [0.29, 0.717) is 16.3 Å². The molecule has 0 saturated heterocycles. The number of aromatic nitrogens is 1. The van der Waals surface area contributed by atoms with Crippen LogP contribution in [0.25, 0.3) is 21.9 Å². The quantitative estimate of drug-likeness (QED) is 0.466. The van der Waals surface area contributed by atoms with Crippen LogP contribution in [0.5, 0.6) is 11.5 Å². The van der Waals surface area contributed by atoms with Gasteiger partial charge >= 0.3 is 5.97 Å². The molecule has 1 N–H and O–H groups in total. The number of benzene rings is 2. The number of aliphatic carboxylic acids is 1. The van der Waals surface area contributed by atoms with Gasteiger partial charge in [-0.15, -0.1) is 11.3 Å². The Bertz CT molecular complexity index is 1060. The van der Waals surface area contributed by atoms with Gasteiger partial charge in [-0.1, -0.05) is 12.1 Å². The van der Waals surface area contributed by atoms with E-state index in [9.17, 15) is 20.0 Å². The molecular weight excluding hydrogens is 384 g/mol. The molecule has 144 valence electrons. The van der Waals surface area contributed by atoms with Crippen molar-refractivity contribution in [2.75, 3.05) is 14.2 Å². The molecule has 0 unspecified atom stereocenters. The molecule has 0 radical (unpaired) electrons. The van der Waals surface area contributed by atoms with Crippen LogP contribution in [0.2, 0.25) is 0 Å². The number of rotatable bonds is 7. The van der Waals surface area contributed by atoms with Gasteiger partial charge in [0.15, 0.2) is 11.5 Å². The van der Waals surface area contributed by atoms with Gasteiger partial charge in [0.25, 0.3) is 5.69 Å². The average molecular weight is 400 g/mol. The van der Waals surface area contributed by atoms with Crippen LogP contribution in [-0.4, -0.2) is 35.2 Å². The van der Waals surface area contributed by atoms with Crippen molar-refractivity contribution in [2.45, 2.75) is 6.42 Å². The zero-order valence-corrected chi connectivity index (χ0v) is 15.9. The SMILES string of the molecule is COc1cc(C=C(CC(=O)O)c2nc3ccccc3s2)c([N+](=O)[O-])cc1OC. The maximum Gasteiger partial charge on any atom is 0.307 e. The Labute approximate surface area is 163 Å². The molecule has 28 heavy (non-hydrogen) atoms. The molecule has 3 rings (SSSR count). The number of methoxy groups -OCH3 is 2. The number of nitro benzene ring substituents is 1. The standard InChI is InChI=1S/C19H16N2O6S/c1-26-15-8-11(14(21(24)25)10-16(15)27-2)7-12(9-18(22)23)19-20-13-5-3-4-6-17(13)28-19/h3-8,10H,9H2,1-2H3,(H,22,23). The van der Waals surface area contributed by atoms with Crippen LogP contribution >= 0.6 is 11.3 Å². The fourth-order valence-electron chi connectivity index (χ4n) is 2.71. The molecule has 9 heteroatoms. The van der Waals surface area contributed by atoms with Crippen LogP contribution in [0.4, 0.5) is 5.69 Å². The van der Waals surface area contributed by atoms with E-state index in [0.717, 1.165) is 10.2 Å². The summed E-state index contributed by atoms with van der Waals surface area (Å²) in [5.74, 6) is -0.543. The lowest BCUT2D eigenvalue weighted by Gasteiger charge is -2.09. The van der Waals surface area contributed by atoms with Gasteiger partial charge in [-0.25, -0.2) is 4.98 Å². The zero-order valence-electron chi connectivity index (χ0n) is 15.0. The molecule has 0 fully saturated rings. The first kappa shape index (κ1) is 19.3. The molecule has 0 atom stereocenters. The average Bonchev–Trinajstić information content (AvgIpc) is 3.10. The van der Waals surface area contributed by atoms with E-state index in [1.807, 2.05) is 24.3 Å². The monoisotopic (exact) mass is 400 g/mol. The van der Waals surface area contributed by atoms with Crippen LogP contribution in [0.3, 0.4) is 0 Å². The van der Waals surface area contributed by atoms with Gasteiger partial charge in [0.1, 0.15) is 5.01 Å². The number of ether oxygens (including phenoxy) is 2. The van der Waals surface area contributed by atoms with E-state index in [1.54, 1.807) is 0 Å². The van der Waals surface area contributed by atoms with Gasteiger partial charge in [-0.3, -0.25) is 14.9 Å². The van der Waals surface area contributed by atoms with Crippen LogP contribution in [-0.2, 0) is 4.79 Å². The second-order valence-electron chi connectivity index (χ2n) is 5.75. The summed E-state index contributed by atoms with van der Waals surface area (Å²) in [5, 5.41) is 21.3. The van der Waals surface area contributed by atoms with Crippen molar-refractivity contribution in [1.82, 2.24) is 4.98 Å². The zero-order chi connectivity index (χ0) is 20.3. The van der Waals surface area contributed by atoms with E-state index >= 15 is 0 Å². The van der Waals surface area contributed by atoms with Gasteiger partial charge in [0.2, 0.25) is 0 Å². The highest BCUT2D eigenvalue weighted by atomic mass is 32.1. The summed E-state index contributed by atoms with van der Waals surface area (Å²) >= 11 is 1.33. The Morgan fingerprint density at radius 3 is 2.54 bits per heavy atom. The molecule has 0 bridgehead atoms. The van der Waals surface area contributed by atoms with Crippen molar-refractivity contribution in [3.05, 3.63) is 57.1 Å². The van der Waals surface area contributed by atoms with Crippen LogP contribution in [0.1, 0.15) is 17.0 Å². The largest absolute Gasteiger partial charge is 0.493 e. The third kappa shape index (κ3) is 3.94. The first-order valence-electron chi connectivity index (χ1n) is 8.11. The molecule has 2 aromatic carbocycles. The maximum atomic E-state index is 11.5. The summed E-state index contributed by atoms with van der Waals surface area (Å²) in [7, 11) is 2.80. The van der Waals surface area contributed by atoms with Gasteiger partial charge in [0.05, 0.1) is 47.4 Å². The lowest BCUT2D eigenvalue weighted by Crippen LogP contribution is -1.99. The number of carbonyl (C=O) groups is 1. The second-order valence-corrected chi connectivity index (χ2v) is 6.78. The number of para-hydroxylation sites is 1. The summed E-state index contributed by atoms with van der Waals surface area (Å²) < 4.78 is 11.2. The van der Waals surface area contributed by atoms with E-state index in [4.69, 9.17) is 9.47 Å². The van der Waals surface area contributed by atoms with Crippen LogP contribution < -0.4 is 9.47 Å². The summed E-state index contributed by atoms with van der Waals surface area (Å²) in [5.41, 5.74) is 1.09. The summed E-state index contributed by atoms with van der Waals surface area (Å²) in [4.78, 5) is 26.8. The number of carboxylic acids is 1. The minimum Gasteiger partial charge on any atom is -0.493 e. The van der Waals surface area contributed by atoms with Gasteiger partial charge in [0, 0.05) is 0 Å². The lowest BCUT2D eigenvalue weighted by molar-refractivity contribution is -0.385.